The van der Waals surface area contributed by atoms with Crippen molar-refractivity contribution in [3.05, 3.63) is 30.3 Å². The lowest BCUT2D eigenvalue weighted by molar-refractivity contribution is -0.138. The summed E-state index contributed by atoms with van der Waals surface area (Å²) in [6.45, 7) is 0.538. The van der Waals surface area contributed by atoms with Gasteiger partial charge in [0.25, 0.3) is 0 Å². The Morgan fingerprint density at radius 3 is 2.55 bits per heavy atom. The summed E-state index contributed by atoms with van der Waals surface area (Å²) in [6.07, 6.45) is 1.38. The van der Waals surface area contributed by atoms with Crippen molar-refractivity contribution in [2.24, 2.45) is 0 Å². The zero-order valence-corrected chi connectivity index (χ0v) is 13.1. The Hall–Kier alpha value is -1.93. The summed E-state index contributed by atoms with van der Waals surface area (Å²) in [5.41, 5.74) is 0. The van der Waals surface area contributed by atoms with Crippen molar-refractivity contribution in [3.63, 3.8) is 0 Å². The first-order valence-corrected chi connectivity index (χ1v) is 8.47. The molecular weight excluding hydrogens is 306 g/mol. The second-order valence-electron chi connectivity index (χ2n) is 5.01. The van der Waals surface area contributed by atoms with Crippen molar-refractivity contribution in [3.8, 4) is 0 Å². The van der Waals surface area contributed by atoms with Gasteiger partial charge in [0.05, 0.1) is 4.90 Å². The number of benzene rings is 1. The molecule has 1 aliphatic rings. The van der Waals surface area contributed by atoms with Crippen LogP contribution in [-0.2, 0) is 19.6 Å². The Kier molecular flexibility index (Phi) is 5.15. The summed E-state index contributed by atoms with van der Waals surface area (Å²) in [4.78, 5) is 22.9. The summed E-state index contributed by atoms with van der Waals surface area (Å²) < 4.78 is 26.6. The quantitative estimate of drug-likeness (QED) is 0.743. The molecule has 1 saturated heterocycles. The first-order chi connectivity index (χ1) is 10.5. The average Bonchev–Trinajstić information content (AvgIpc) is 3.02. The van der Waals surface area contributed by atoms with E-state index in [0.29, 0.717) is 13.0 Å². The smallest absolute Gasteiger partial charge is 0.309 e. The van der Waals surface area contributed by atoms with Gasteiger partial charge in [0.2, 0.25) is 10.0 Å². The molecule has 1 atom stereocenters. The molecule has 1 aromatic carbocycles. The van der Waals surface area contributed by atoms with E-state index in [2.05, 4.69) is 10.6 Å². The molecule has 1 heterocycles. The van der Waals surface area contributed by atoms with Crippen molar-refractivity contribution in [1.29, 1.82) is 0 Å². The number of carbonyl (C=O) groups is 2. The third kappa shape index (κ3) is 3.45. The molecule has 1 aromatic rings. The number of carbonyl (C=O) groups excluding carboxylic acids is 2. The average molecular weight is 325 g/mol. The SMILES string of the molecule is CNC(=O)C(=O)NC[C@H]1CCCN1S(=O)(=O)c1ccccc1. The van der Waals surface area contributed by atoms with Gasteiger partial charge in [-0.1, -0.05) is 18.2 Å². The molecule has 22 heavy (non-hydrogen) atoms. The standard InChI is InChI=1S/C14H19N3O4S/c1-15-13(18)14(19)16-10-11-6-5-9-17(11)22(20,21)12-7-3-2-4-8-12/h2-4,7-8,11H,5-6,9-10H2,1H3,(H,15,18)(H,16,19)/t11-/m1/s1. The molecule has 1 aliphatic heterocycles. The third-order valence-corrected chi connectivity index (χ3v) is 5.57. The number of amides is 2. The molecule has 0 aromatic heterocycles. The molecule has 0 bridgehead atoms. The van der Waals surface area contributed by atoms with Crippen molar-refractivity contribution >= 4 is 21.8 Å². The van der Waals surface area contributed by atoms with Crippen LogP contribution < -0.4 is 10.6 Å². The van der Waals surface area contributed by atoms with E-state index in [4.69, 9.17) is 0 Å². The van der Waals surface area contributed by atoms with Crippen LogP contribution in [-0.4, -0.2) is 50.7 Å². The molecular formula is C14H19N3O4S. The van der Waals surface area contributed by atoms with Crippen LogP contribution in [0.4, 0.5) is 0 Å². The fraction of sp³-hybridized carbons (Fsp3) is 0.429. The fourth-order valence-corrected chi connectivity index (χ4v) is 4.18. The Bertz CT molecular complexity index is 645. The van der Waals surface area contributed by atoms with Crippen molar-refractivity contribution < 1.29 is 18.0 Å². The van der Waals surface area contributed by atoms with E-state index in [1.54, 1.807) is 30.3 Å². The Morgan fingerprint density at radius 1 is 1.23 bits per heavy atom. The van der Waals surface area contributed by atoms with Gasteiger partial charge in [0.15, 0.2) is 0 Å². The number of nitrogens with one attached hydrogen (secondary N) is 2. The predicted octanol–water partition coefficient (Wildman–Crippen LogP) is -0.298. The summed E-state index contributed by atoms with van der Waals surface area (Å²) >= 11 is 0. The monoisotopic (exact) mass is 325 g/mol. The summed E-state index contributed by atoms with van der Waals surface area (Å²) in [6, 6.07) is 7.86. The number of likely N-dealkylation sites (N-methyl/N-ethyl adjacent to an activating group) is 1. The van der Waals surface area contributed by atoms with E-state index in [1.807, 2.05) is 0 Å². The van der Waals surface area contributed by atoms with Gasteiger partial charge in [0.1, 0.15) is 0 Å². The lowest BCUT2D eigenvalue weighted by Crippen LogP contribution is -2.46. The Morgan fingerprint density at radius 2 is 1.91 bits per heavy atom. The number of sulfonamides is 1. The highest BCUT2D eigenvalue weighted by molar-refractivity contribution is 7.89. The van der Waals surface area contributed by atoms with Crippen molar-refractivity contribution in [1.82, 2.24) is 14.9 Å². The maximum atomic E-state index is 12.6. The lowest BCUT2D eigenvalue weighted by Gasteiger charge is -2.24. The number of rotatable bonds is 4. The van der Waals surface area contributed by atoms with Gasteiger partial charge in [-0.25, -0.2) is 8.42 Å². The molecule has 0 spiro atoms. The molecule has 0 aliphatic carbocycles. The summed E-state index contributed by atoms with van der Waals surface area (Å²) in [5, 5.41) is 4.70. The first-order valence-electron chi connectivity index (χ1n) is 7.03. The van der Waals surface area contributed by atoms with E-state index in [9.17, 15) is 18.0 Å². The van der Waals surface area contributed by atoms with Crippen LogP contribution in [0.1, 0.15) is 12.8 Å². The highest BCUT2D eigenvalue weighted by atomic mass is 32.2. The van der Waals surface area contributed by atoms with Crippen LogP contribution in [0.15, 0.2) is 35.2 Å². The van der Waals surface area contributed by atoms with Crippen LogP contribution in [0.3, 0.4) is 0 Å². The van der Waals surface area contributed by atoms with E-state index in [-0.39, 0.29) is 17.5 Å². The van der Waals surface area contributed by atoms with Crippen LogP contribution in [0.2, 0.25) is 0 Å². The number of hydrogen-bond acceptors (Lipinski definition) is 4. The molecule has 8 heteroatoms. The van der Waals surface area contributed by atoms with Gasteiger partial charge in [-0.15, -0.1) is 0 Å². The fourth-order valence-electron chi connectivity index (χ4n) is 2.46. The van der Waals surface area contributed by atoms with E-state index in [1.165, 1.54) is 11.4 Å². The maximum absolute atomic E-state index is 12.6. The predicted molar refractivity (Wildman–Crippen MR) is 80.4 cm³/mol. The minimum atomic E-state index is -3.58. The van der Waals surface area contributed by atoms with Crippen LogP contribution in [0, 0.1) is 0 Å². The molecule has 7 nitrogen and oxygen atoms in total. The summed E-state index contributed by atoms with van der Waals surface area (Å²) in [7, 11) is -2.22. The number of hydrogen-bond donors (Lipinski definition) is 2. The zero-order valence-electron chi connectivity index (χ0n) is 12.3. The molecule has 0 saturated carbocycles. The molecule has 2 amide bonds. The minimum absolute atomic E-state index is 0.123. The first kappa shape index (κ1) is 16.4. The van der Waals surface area contributed by atoms with Gasteiger partial charge in [-0.3, -0.25) is 9.59 Å². The van der Waals surface area contributed by atoms with Crippen LogP contribution in [0.5, 0.6) is 0 Å². The highest BCUT2D eigenvalue weighted by Gasteiger charge is 2.35. The molecule has 0 unspecified atom stereocenters. The molecule has 2 N–H and O–H groups in total. The second-order valence-corrected chi connectivity index (χ2v) is 6.90. The Labute approximate surface area is 129 Å². The van der Waals surface area contributed by atoms with Gasteiger partial charge < -0.3 is 10.6 Å². The third-order valence-electron chi connectivity index (χ3n) is 3.60. The van der Waals surface area contributed by atoms with E-state index in [0.717, 1.165) is 6.42 Å². The number of nitrogens with zero attached hydrogens (tertiary/aromatic N) is 1. The van der Waals surface area contributed by atoms with Gasteiger partial charge in [0, 0.05) is 26.2 Å². The van der Waals surface area contributed by atoms with Crippen molar-refractivity contribution in [2.75, 3.05) is 20.1 Å². The van der Waals surface area contributed by atoms with E-state index < -0.39 is 21.8 Å². The minimum Gasteiger partial charge on any atom is -0.351 e. The molecule has 2 rings (SSSR count). The zero-order chi connectivity index (χ0) is 16.2. The normalized spacial score (nSPS) is 18.9. The maximum Gasteiger partial charge on any atom is 0.309 e. The lowest BCUT2D eigenvalue weighted by atomic mass is 10.2. The topological polar surface area (TPSA) is 95.6 Å². The largest absolute Gasteiger partial charge is 0.351 e. The molecule has 0 radical (unpaired) electrons. The van der Waals surface area contributed by atoms with E-state index >= 15 is 0 Å². The van der Waals surface area contributed by atoms with Gasteiger partial charge in [-0.05, 0) is 25.0 Å². The molecule has 120 valence electrons. The van der Waals surface area contributed by atoms with Gasteiger partial charge in [-0.2, -0.15) is 4.31 Å². The summed E-state index contributed by atoms with van der Waals surface area (Å²) in [5.74, 6) is -1.50. The van der Waals surface area contributed by atoms with Crippen LogP contribution in [0.25, 0.3) is 0 Å². The van der Waals surface area contributed by atoms with Crippen LogP contribution >= 0.6 is 0 Å². The molecule has 1 fully saturated rings. The highest BCUT2D eigenvalue weighted by Crippen LogP contribution is 2.25. The second kappa shape index (κ2) is 6.89. The van der Waals surface area contributed by atoms with Gasteiger partial charge >= 0.3 is 11.8 Å². The van der Waals surface area contributed by atoms with Crippen molar-refractivity contribution in [2.45, 2.75) is 23.8 Å². The Balaban J connectivity index is 2.08.